The monoisotopic (exact) mass is 1050 g/mol. The molecule has 70 heavy (non-hydrogen) atoms. The molecule has 1 fully saturated rings. The number of esters is 2. The fraction of sp³-hybridized carbons (Fsp3) is 0.825. The SMILES string of the molecule is C=C(C[C@H](C[C@H](O)[C@H](C)[C@H](O)C[C@H](O)C(C)(C)[C@H](O)C/C(C)=C/[C@@H](O)[C@@]1(C)O[C@@H]2C[C@@H](C)C[C@@H](O)C[C@H](C)C/C(C)=C\C(=O)O[C@H]1C2)OC(=O)CCCCCCCCCCCCCCC)/C(=C\Br)OC. The Kier molecular flexibility index (Phi) is 30.1. The molecule has 6 N–H and O–H groups in total. The largest absolute Gasteiger partial charge is 0.496 e. The Morgan fingerprint density at radius 1 is 0.886 bits per heavy atom. The Bertz CT molecular complexity index is 1630. The highest BCUT2D eigenvalue weighted by molar-refractivity contribution is 9.11. The van der Waals surface area contributed by atoms with Gasteiger partial charge in [0.05, 0.1) is 43.7 Å². The Hall–Kier alpha value is -2.10. The first-order chi connectivity index (χ1) is 33.0. The number of aliphatic hydroxyl groups is 6. The topological polar surface area (TPSA) is 192 Å². The number of allylic oxidation sites excluding steroid dienone is 2. The zero-order valence-electron chi connectivity index (χ0n) is 45.1. The van der Waals surface area contributed by atoms with Crippen LogP contribution in [0.3, 0.4) is 0 Å². The van der Waals surface area contributed by atoms with Crippen LogP contribution < -0.4 is 0 Å². The van der Waals surface area contributed by atoms with Gasteiger partial charge in [0.15, 0.2) is 0 Å². The van der Waals surface area contributed by atoms with Crippen molar-refractivity contribution in [1.29, 1.82) is 0 Å². The molecule has 0 radical (unpaired) electrons. The minimum Gasteiger partial charge on any atom is -0.496 e. The average Bonchev–Trinajstić information content (AvgIpc) is 3.58. The number of aliphatic hydroxyl groups excluding tert-OH is 6. The maximum absolute atomic E-state index is 13.1. The molecule has 0 aromatic heterocycles. The molecule has 406 valence electrons. The summed E-state index contributed by atoms with van der Waals surface area (Å²) in [4.78, 5) is 27.8. The van der Waals surface area contributed by atoms with E-state index in [1.165, 1.54) is 71.0 Å². The first kappa shape index (κ1) is 64.0. The molecule has 0 amide bonds. The zero-order chi connectivity index (χ0) is 52.6. The molecule has 2 rings (SSSR count). The standard InChI is InChI=1S/C57H99BrO12/c1-12-13-14-15-16-17-18-19-20-21-22-23-24-25-54(65)68-45(33-42(6)49(37-58)67-11)34-47(60)43(7)48(61)36-51(63)56(8,9)50(62)30-41(5)31-52(64)57(10)53-35-46(70-57)29-40(4)28-44(59)27-38(2)26-39(3)32-55(66)69-53/h31-32,37-38,40,43-48,50-53,59-64H,6,12-30,33-36H2,1-5,7-11H3/b39-32-,41-31+,49-37+/t38-,40+,43+,44+,45-,46-,47+,48-,50-,51+,52-,53+,57-/m1/s1. The minimum atomic E-state index is -1.29. The number of unbranched alkanes of at least 4 members (excludes halogenated alkanes) is 12. The van der Waals surface area contributed by atoms with Crippen molar-refractivity contribution in [3.05, 3.63) is 46.2 Å². The molecule has 13 heteroatoms. The van der Waals surface area contributed by atoms with Gasteiger partial charge >= 0.3 is 11.9 Å². The molecular weight excluding hydrogens is 957 g/mol. The van der Waals surface area contributed by atoms with Crippen molar-refractivity contribution in [1.82, 2.24) is 0 Å². The van der Waals surface area contributed by atoms with Crippen LogP contribution in [0.1, 0.15) is 210 Å². The van der Waals surface area contributed by atoms with Crippen molar-refractivity contribution >= 4 is 27.9 Å². The van der Waals surface area contributed by atoms with Gasteiger partial charge in [0.25, 0.3) is 0 Å². The smallest absolute Gasteiger partial charge is 0.331 e. The predicted molar refractivity (Wildman–Crippen MR) is 283 cm³/mol. The van der Waals surface area contributed by atoms with Gasteiger partial charge in [0.1, 0.15) is 29.7 Å². The van der Waals surface area contributed by atoms with Gasteiger partial charge in [-0.15, -0.1) is 0 Å². The van der Waals surface area contributed by atoms with Gasteiger partial charge in [0.2, 0.25) is 0 Å². The summed E-state index contributed by atoms with van der Waals surface area (Å²) >= 11 is 3.29. The Labute approximate surface area is 432 Å². The molecule has 13 atom stereocenters. The van der Waals surface area contributed by atoms with Crippen LogP contribution in [0.15, 0.2) is 46.2 Å². The quantitative estimate of drug-likeness (QED) is 0.0127. The first-order valence-corrected chi connectivity index (χ1v) is 27.9. The molecular formula is C57H99BrO12. The summed E-state index contributed by atoms with van der Waals surface area (Å²) in [5, 5.41) is 68.5. The van der Waals surface area contributed by atoms with Crippen molar-refractivity contribution in [3.63, 3.8) is 0 Å². The molecule has 2 aliphatic rings. The normalized spacial score (nSPS) is 27.0. The van der Waals surface area contributed by atoms with Crippen LogP contribution in [0.4, 0.5) is 0 Å². The lowest BCUT2D eigenvalue weighted by Crippen LogP contribution is -2.48. The van der Waals surface area contributed by atoms with Crippen molar-refractivity contribution in [2.75, 3.05) is 7.11 Å². The molecule has 0 aliphatic carbocycles. The second kappa shape index (κ2) is 33.0. The first-order valence-electron chi connectivity index (χ1n) is 27.0. The number of ether oxygens (including phenoxy) is 4. The third-order valence-corrected chi connectivity index (χ3v) is 15.6. The number of methoxy groups -OCH3 is 1. The van der Waals surface area contributed by atoms with Crippen molar-refractivity contribution in [2.45, 2.75) is 271 Å². The third-order valence-electron chi connectivity index (χ3n) is 15.2. The van der Waals surface area contributed by atoms with Gasteiger partial charge in [-0.2, -0.15) is 0 Å². The van der Waals surface area contributed by atoms with E-state index in [9.17, 15) is 40.2 Å². The van der Waals surface area contributed by atoms with Crippen LogP contribution in [-0.4, -0.2) is 110 Å². The second-order valence-corrected chi connectivity index (χ2v) is 22.9. The maximum atomic E-state index is 13.1. The number of hydrogen-bond donors (Lipinski definition) is 6. The Morgan fingerprint density at radius 2 is 1.44 bits per heavy atom. The highest BCUT2D eigenvalue weighted by Gasteiger charge is 2.52. The highest BCUT2D eigenvalue weighted by atomic mass is 79.9. The van der Waals surface area contributed by atoms with E-state index in [2.05, 4.69) is 43.3 Å². The van der Waals surface area contributed by atoms with Gasteiger partial charge < -0.3 is 49.6 Å². The fourth-order valence-electron chi connectivity index (χ4n) is 10.3. The van der Waals surface area contributed by atoms with Crippen LogP contribution in [0.5, 0.6) is 0 Å². The summed E-state index contributed by atoms with van der Waals surface area (Å²) in [5.74, 6) is -0.786. The van der Waals surface area contributed by atoms with E-state index in [-0.39, 0.29) is 56.0 Å². The molecule has 2 aliphatic heterocycles. The van der Waals surface area contributed by atoms with E-state index >= 15 is 0 Å². The lowest BCUT2D eigenvalue weighted by atomic mass is 9.75. The van der Waals surface area contributed by atoms with Crippen LogP contribution in [0, 0.1) is 23.2 Å². The molecule has 1 saturated heterocycles. The molecule has 0 saturated carbocycles. The van der Waals surface area contributed by atoms with E-state index < -0.39 is 71.7 Å². The van der Waals surface area contributed by atoms with Crippen molar-refractivity contribution in [2.24, 2.45) is 23.2 Å². The summed E-state index contributed by atoms with van der Waals surface area (Å²) < 4.78 is 23.8. The number of carbonyl (C=O) groups excluding carboxylic acids is 2. The van der Waals surface area contributed by atoms with E-state index in [1.54, 1.807) is 45.7 Å². The minimum absolute atomic E-state index is 0.0243. The van der Waals surface area contributed by atoms with E-state index in [1.807, 2.05) is 6.92 Å². The number of halogens is 1. The molecule has 0 aromatic carbocycles. The number of rotatable bonds is 31. The lowest BCUT2D eigenvalue weighted by molar-refractivity contribution is -0.164. The van der Waals surface area contributed by atoms with Crippen molar-refractivity contribution in [3.8, 4) is 0 Å². The zero-order valence-corrected chi connectivity index (χ0v) is 46.7. The van der Waals surface area contributed by atoms with Crippen LogP contribution in [0.25, 0.3) is 0 Å². The van der Waals surface area contributed by atoms with Gasteiger partial charge in [-0.25, -0.2) is 4.79 Å². The van der Waals surface area contributed by atoms with Gasteiger partial charge in [-0.05, 0) is 76.7 Å². The van der Waals surface area contributed by atoms with E-state index in [4.69, 9.17) is 18.9 Å². The van der Waals surface area contributed by atoms with E-state index in [0.29, 0.717) is 49.0 Å². The van der Waals surface area contributed by atoms with Crippen LogP contribution in [-0.2, 0) is 28.5 Å². The van der Waals surface area contributed by atoms with Gasteiger partial charge in [-0.3, -0.25) is 4.79 Å². The number of fused-ring (bicyclic) bond motifs is 2. The van der Waals surface area contributed by atoms with Crippen LogP contribution in [0.2, 0.25) is 0 Å². The molecule has 2 heterocycles. The summed E-state index contributed by atoms with van der Waals surface area (Å²) in [6.07, 6.45) is 14.0. The van der Waals surface area contributed by atoms with Gasteiger partial charge in [0, 0.05) is 54.5 Å². The third kappa shape index (κ3) is 23.0. The Balaban J connectivity index is 2.03. The molecule has 0 spiro atoms. The second-order valence-electron chi connectivity index (χ2n) is 22.4. The van der Waals surface area contributed by atoms with Crippen molar-refractivity contribution < 1.29 is 59.2 Å². The highest BCUT2D eigenvalue weighted by Crippen LogP contribution is 2.41. The molecule has 0 aromatic rings. The summed E-state index contributed by atoms with van der Waals surface area (Å²) in [5.41, 5.74) is -0.369. The summed E-state index contributed by atoms with van der Waals surface area (Å²) in [6, 6.07) is 0. The molecule has 0 unspecified atom stereocenters. The fourth-order valence-corrected chi connectivity index (χ4v) is 10.8. The predicted octanol–water partition coefficient (Wildman–Crippen LogP) is 11.4. The summed E-state index contributed by atoms with van der Waals surface area (Å²) in [6.45, 7) is 21.0. The van der Waals surface area contributed by atoms with Crippen LogP contribution >= 0.6 is 15.9 Å². The van der Waals surface area contributed by atoms with E-state index in [0.717, 1.165) is 31.3 Å². The number of hydrogen-bond acceptors (Lipinski definition) is 12. The molecule has 12 nitrogen and oxygen atoms in total. The maximum Gasteiger partial charge on any atom is 0.331 e. The summed E-state index contributed by atoms with van der Waals surface area (Å²) in [7, 11) is 1.52. The molecule has 2 bridgehead atoms. The van der Waals surface area contributed by atoms with Gasteiger partial charge in [-0.1, -0.05) is 158 Å². The lowest BCUT2D eigenvalue weighted by Gasteiger charge is -2.38. The average molecular weight is 1060 g/mol. The number of carbonyl (C=O) groups is 2. The Morgan fingerprint density at radius 3 is 2.01 bits per heavy atom.